The summed E-state index contributed by atoms with van der Waals surface area (Å²) in [6.07, 6.45) is 0. The highest BCUT2D eigenvalue weighted by Crippen LogP contribution is 2.18. The van der Waals surface area contributed by atoms with Crippen LogP contribution in [0.15, 0.2) is 48.5 Å². The van der Waals surface area contributed by atoms with Crippen molar-refractivity contribution in [1.82, 2.24) is 0 Å². The zero-order chi connectivity index (χ0) is 14.3. The smallest absolute Gasteiger partial charge is 0.269 e. The molecule has 0 aromatic heterocycles. The van der Waals surface area contributed by atoms with Gasteiger partial charge < -0.3 is 16.2 Å². The first kappa shape index (κ1) is 14.3. The highest BCUT2D eigenvalue weighted by molar-refractivity contribution is 5.51. The van der Waals surface area contributed by atoms with Crippen molar-refractivity contribution in [2.24, 2.45) is 0 Å². The van der Waals surface area contributed by atoms with Gasteiger partial charge in [0.2, 0.25) is 0 Å². The summed E-state index contributed by atoms with van der Waals surface area (Å²) in [6.45, 7) is 0. The number of para-hydroxylation sites is 2. The van der Waals surface area contributed by atoms with Crippen molar-refractivity contribution in [3.63, 3.8) is 0 Å². The summed E-state index contributed by atoms with van der Waals surface area (Å²) in [5, 5.41) is 10.1. The van der Waals surface area contributed by atoms with Gasteiger partial charge in [0.25, 0.3) is 5.69 Å². The highest BCUT2D eigenvalue weighted by Gasteiger charge is 2.00. The average molecular weight is 261 g/mol. The molecule has 0 atom stereocenters. The number of nitro groups is 1. The lowest BCUT2D eigenvalue weighted by atomic mass is 10.3. The van der Waals surface area contributed by atoms with Gasteiger partial charge in [0.1, 0.15) is 5.75 Å². The molecule has 2 aromatic carbocycles. The maximum absolute atomic E-state index is 10.1. The van der Waals surface area contributed by atoms with Crippen LogP contribution in [-0.4, -0.2) is 12.0 Å². The van der Waals surface area contributed by atoms with E-state index in [0.29, 0.717) is 11.4 Å². The van der Waals surface area contributed by atoms with E-state index in [4.69, 9.17) is 16.2 Å². The predicted octanol–water partition coefficient (Wildman–Crippen LogP) is 2.45. The molecule has 6 heteroatoms. The van der Waals surface area contributed by atoms with E-state index in [-0.39, 0.29) is 5.69 Å². The third-order valence-electron chi connectivity index (χ3n) is 2.24. The number of methoxy groups -OCH3 is 1. The number of ether oxygens (including phenoxy) is 1. The second-order valence-corrected chi connectivity index (χ2v) is 3.59. The van der Waals surface area contributed by atoms with Crippen molar-refractivity contribution in [3.05, 3.63) is 58.6 Å². The molecule has 0 aliphatic rings. The van der Waals surface area contributed by atoms with Crippen LogP contribution in [0.5, 0.6) is 5.75 Å². The van der Waals surface area contributed by atoms with Gasteiger partial charge in [-0.05, 0) is 24.3 Å². The van der Waals surface area contributed by atoms with Crippen LogP contribution >= 0.6 is 0 Å². The first-order valence-electron chi connectivity index (χ1n) is 5.43. The number of hydrogen-bond acceptors (Lipinski definition) is 5. The summed E-state index contributed by atoms with van der Waals surface area (Å²) in [6, 6.07) is 13.1. The third kappa shape index (κ3) is 4.55. The largest absolute Gasteiger partial charge is 0.495 e. The van der Waals surface area contributed by atoms with Gasteiger partial charge in [-0.25, -0.2) is 0 Å². The lowest BCUT2D eigenvalue weighted by molar-refractivity contribution is -0.384. The van der Waals surface area contributed by atoms with Gasteiger partial charge in [-0.3, -0.25) is 10.1 Å². The molecular weight excluding hydrogens is 246 g/mol. The molecule has 100 valence electrons. The molecule has 6 nitrogen and oxygen atoms in total. The Morgan fingerprint density at radius 2 is 1.63 bits per heavy atom. The van der Waals surface area contributed by atoms with Crippen LogP contribution in [0, 0.1) is 10.1 Å². The van der Waals surface area contributed by atoms with Gasteiger partial charge in [0.05, 0.1) is 17.7 Å². The number of non-ortho nitro benzene ring substituents is 1. The Morgan fingerprint density at radius 1 is 1.05 bits per heavy atom. The number of nitrogens with two attached hydrogens (primary N) is 2. The molecule has 0 amide bonds. The summed E-state index contributed by atoms with van der Waals surface area (Å²) < 4.78 is 4.92. The molecule has 2 rings (SSSR count). The molecule has 0 saturated carbocycles. The van der Waals surface area contributed by atoms with Gasteiger partial charge in [-0.1, -0.05) is 12.1 Å². The first-order chi connectivity index (χ1) is 9.04. The Morgan fingerprint density at radius 3 is 2.05 bits per heavy atom. The van der Waals surface area contributed by atoms with Gasteiger partial charge in [0, 0.05) is 17.8 Å². The van der Waals surface area contributed by atoms with Crippen LogP contribution in [0.2, 0.25) is 0 Å². The molecule has 0 spiro atoms. The Labute approximate surface area is 110 Å². The molecule has 4 N–H and O–H groups in total. The predicted molar refractivity (Wildman–Crippen MR) is 74.9 cm³/mol. The molecule has 0 bridgehead atoms. The third-order valence-corrected chi connectivity index (χ3v) is 2.24. The minimum Gasteiger partial charge on any atom is -0.495 e. The van der Waals surface area contributed by atoms with Gasteiger partial charge in [0.15, 0.2) is 0 Å². The van der Waals surface area contributed by atoms with Crippen molar-refractivity contribution in [2.75, 3.05) is 18.6 Å². The van der Waals surface area contributed by atoms with E-state index in [2.05, 4.69) is 0 Å². The van der Waals surface area contributed by atoms with Crippen molar-refractivity contribution in [1.29, 1.82) is 0 Å². The van der Waals surface area contributed by atoms with E-state index in [1.54, 1.807) is 13.2 Å². The number of nitrogens with zero attached hydrogens (tertiary/aromatic N) is 1. The number of nitrogen functional groups attached to an aromatic ring is 2. The minimum absolute atomic E-state index is 0.0641. The molecule has 19 heavy (non-hydrogen) atoms. The first-order valence-corrected chi connectivity index (χ1v) is 5.43. The topological polar surface area (TPSA) is 104 Å². The molecule has 0 aliphatic carbocycles. The molecule has 0 saturated heterocycles. The maximum atomic E-state index is 10.1. The second kappa shape index (κ2) is 6.85. The normalized spacial score (nSPS) is 9.11. The fraction of sp³-hybridized carbons (Fsp3) is 0.0769. The number of rotatable bonds is 2. The summed E-state index contributed by atoms with van der Waals surface area (Å²) in [4.78, 5) is 9.62. The van der Waals surface area contributed by atoms with E-state index in [9.17, 15) is 10.1 Å². The van der Waals surface area contributed by atoms with Crippen molar-refractivity contribution in [3.8, 4) is 5.75 Å². The molecular formula is C13H15N3O3. The summed E-state index contributed by atoms with van der Waals surface area (Å²) in [7, 11) is 1.60. The van der Waals surface area contributed by atoms with Gasteiger partial charge >= 0.3 is 0 Å². The standard InChI is InChI=1S/C7H9NO.C6H6N2O2/c1-9-7-5-3-2-4-6(7)8;7-5-1-3-6(4-2-5)8(9)10/h2-5H,8H2,1H3;1-4H,7H2. The zero-order valence-corrected chi connectivity index (χ0v) is 10.4. The quantitative estimate of drug-likeness (QED) is 0.491. The van der Waals surface area contributed by atoms with Crippen LogP contribution < -0.4 is 16.2 Å². The monoisotopic (exact) mass is 261 g/mol. The Kier molecular flexibility index (Phi) is 5.16. The number of benzene rings is 2. The molecule has 2 aromatic rings. The van der Waals surface area contributed by atoms with E-state index in [1.165, 1.54) is 24.3 Å². The van der Waals surface area contributed by atoms with Crippen LogP contribution in [0.25, 0.3) is 0 Å². The van der Waals surface area contributed by atoms with Crippen LogP contribution in [0.3, 0.4) is 0 Å². The Bertz CT molecular complexity index is 541. The van der Waals surface area contributed by atoms with Crippen molar-refractivity contribution >= 4 is 17.1 Å². The lowest BCUT2D eigenvalue weighted by Crippen LogP contribution is -1.89. The average Bonchev–Trinajstić information content (AvgIpc) is 2.40. The minimum atomic E-state index is -0.459. The second-order valence-electron chi connectivity index (χ2n) is 3.59. The number of hydrogen-bond donors (Lipinski definition) is 2. The highest BCUT2D eigenvalue weighted by atomic mass is 16.6. The van der Waals surface area contributed by atoms with E-state index in [1.807, 2.05) is 18.2 Å². The lowest BCUT2D eigenvalue weighted by Gasteiger charge is -2.00. The van der Waals surface area contributed by atoms with E-state index in [0.717, 1.165) is 5.75 Å². The van der Waals surface area contributed by atoms with Crippen LogP contribution in [-0.2, 0) is 0 Å². The maximum Gasteiger partial charge on any atom is 0.269 e. The zero-order valence-electron chi connectivity index (χ0n) is 10.4. The fourth-order valence-corrected chi connectivity index (χ4v) is 1.26. The van der Waals surface area contributed by atoms with E-state index < -0.39 is 4.92 Å². The molecule has 0 unspecified atom stereocenters. The molecule has 0 fully saturated rings. The van der Waals surface area contributed by atoms with Crippen LogP contribution in [0.1, 0.15) is 0 Å². The Hall–Kier alpha value is -2.76. The number of nitro benzene ring substituents is 1. The molecule has 0 heterocycles. The Balaban J connectivity index is 0.000000191. The van der Waals surface area contributed by atoms with Gasteiger partial charge in [-0.2, -0.15) is 0 Å². The SMILES string of the molecule is COc1ccccc1N.Nc1ccc([N+](=O)[O-])cc1. The number of anilines is 2. The van der Waals surface area contributed by atoms with E-state index >= 15 is 0 Å². The summed E-state index contributed by atoms with van der Waals surface area (Å²) in [5.41, 5.74) is 12.1. The fourth-order valence-electron chi connectivity index (χ4n) is 1.26. The van der Waals surface area contributed by atoms with Crippen molar-refractivity contribution < 1.29 is 9.66 Å². The van der Waals surface area contributed by atoms with Crippen molar-refractivity contribution in [2.45, 2.75) is 0 Å². The summed E-state index contributed by atoms with van der Waals surface area (Å²) in [5.74, 6) is 0.734. The van der Waals surface area contributed by atoms with Gasteiger partial charge in [-0.15, -0.1) is 0 Å². The molecule has 0 radical (unpaired) electrons. The molecule has 0 aliphatic heterocycles. The van der Waals surface area contributed by atoms with Crippen LogP contribution in [0.4, 0.5) is 17.1 Å². The summed E-state index contributed by atoms with van der Waals surface area (Å²) >= 11 is 0.